The first-order chi connectivity index (χ1) is 9.79. The van der Waals surface area contributed by atoms with Crippen molar-refractivity contribution < 1.29 is 0 Å². The Kier molecular flexibility index (Phi) is 4.03. The Morgan fingerprint density at radius 1 is 1.45 bits per heavy atom. The quantitative estimate of drug-likeness (QED) is 0.915. The number of benzene rings is 1. The summed E-state index contributed by atoms with van der Waals surface area (Å²) in [5.74, 6) is 0. The predicted molar refractivity (Wildman–Crippen MR) is 85.7 cm³/mol. The zero-order valence-electron chi connectivity index (χ0n) is 12.1. The molecule has 0 bridgehead atoms. The van der Waals surface area contributed by atoms with Crippen molar-refractivity contribution in [2.45, 2.75) is 25.8 Å². The lowest BCUT2D eigenvalue weighted by Crippen LogP contribution is -2.23. The SMILES string of the molecule is CCCNC(c1ccc2c(c1)CCN2C)c1nccs1. The minimum absolute atomic E-state index is 0.228. The Labute approximate surface area is 124 Å². The highest BCUT2D eigenvalue weighted by atomic mass is 32.1. The number of hydrogen-bond donors (Lipinski definition) is 1. The molecule has 20 heavy (non-hydrogen) atoms. The van der Waals surface area contributed by atoms with Gasteiger partial charge in [-0.25, -0.2) is 4.98 Å². The van der Waals surface area contributed by atoms with Crippen molar-refractivity contribution in [1.82, 2.24) is 10.3 Å². The maximum Gasteiger partial charge on any atom is 0.114 e. The maximum atomic E-state index is 4.50. The van der Waals surface area contributed by atoms with Gasteiger partial charge in [-0.05, 0) is 36.6 Å². The zero-order chi connectivity index (χ0) is 13.9. The van der Waals surface area contributed by atoms with Gasteiger partial charge in [0, 0.05) is 30.9 Å². The van der Waals surface area contributed by atoms with Gasteiger partial charge in [0.2, 0.25) is 0 Å². The highest BCUT2D eigenvalue weighted by Crippen LogP contribution is 2.31. The van der Waals surface area contributed by atoms with Crippen LogP contribution in [0.2, 0.25) is 0 Å². The van der Waals surface area contributed by atoms with Crippen LogP contribution in [-0.2, 0) is 6.42 Å². The van der Waals surface area contributed by atoms with E-state index in [1.54, 1.807) is 11.3 Å². The molecule has 2 heterocycles. The summed E-state index contributed by atoms with van der Waals surface area (Å²) < 4.78 is 0. The summed E-state index contributed by atoms with van der Waals surface area (Å²) in [5, 5.41) is 6.83. The van der Waals surface area contributed by atoms with Gasteiger partial charge >= 0.3 is 0 Å². The molecule has 0 aliphatic carbocycles. The molecule has 1 atom stereocenters. The van der Waals surface area contributed by atoms with Gasteiger partial charge in [-0.15, -0.1) is 11.3 Å². The molecule has 1 N–H and O–H groups in total. The predicted octanol–water partition coefficient (Wildman–Crippen LogP) is 3.22. The third-order valence-electron chi connectivity index (χ3n) is 3.86. The Hall–Kier alpha value is -1.39. The number of anilines is 1. The smallest absolute Gasteiger partial charge is 0.114 e. The number of fused-ring (bicyclic) bond motifs is 1. The molecule has 106 valence electrons. The zero-order valence-corrected chi connectivity index (χ0v) is 12.9. The molecule has 4 heteroatoms. The van der Waals surface area contributed by atoms with Crippen molar-refractivity contribution in [2.75, 3.05) is 25.0 Å². The van der Waals surface area contributed by atoms with E-state index in [1.165, 1.54) is 16.8 Å². The number of nitrogens with zero attached hydrogens (tertiary/aromatic N) is 2. The molecular formula is C16H21N3S. The van der Waals surface area contributed by atoms with E-state index in [4.69, 9.17) is 0 Å². The Bertz CT molecular complexity index is 565. The minimum Gasteiger partial charge on any atom is -0.374 e. The Balaban J connectivity index is 1.91. The first-order valence-corrected chi connectivity index (χ1v) is 8.14. The summed E-state index contributed by atoms with van der Waals surface area (Å²) >= 11 is 1.73. The summed E-state index contributed by atoms with van der Waals surface area (Å²) in [5.41, 5.74) is 4.18. The second-order valence-corrected chi connectivity index (χ2v) is 6.24. The lowest BCUT2D eigenvalue weighted by Gasteiger charge is -2.18. The van der Waals surface area contributed by atoms with Crippen LogP contribution in [0.5, 0.6) is 0 Å². The summed E-state index contributed by atoms with van der Waals surface area (Å²) in [6.45, 7) is 4.34. The van der Waals surface area contributed by atoms with Crippen LogP contribution in [-0.4, -0.2) is 25.1 Å². The standard InChI is InChI=1S/C16H21N3S/c1-3-7-17-15(16-18-8-10-20-16)13-4-5-14-12(11-13)6-9-19(14)2/h4-5,8,10-11,15,17H,3,6-7,9H2,1-2H3. The molecular weight excluding hydrogens is 266 g/mol. The van der Waals surface area contributed by atoms with Crippen LogP contribution in [0, 0.1) is 0 Å². The number of aromatic nitrogens is 1. The molecule has 0 saturated carbocycles. The molecule has 1 aliphatic rings. The van der Waals surface area contributed by atoms with Crippen LogP contribution in [0.15, 0.2) is 29.8 Å². The summed E-state index contributed by atoms with van der Waals surface area (Å²) in [7, 11) is 2.17. The first kappa shape index (κ1) is 13.6. The number of nitrogens with one attached hydrogen (secondary N) is 1. The van der Waals surface area contributed by atoms with E-state index in [-0.39, 0.29) is 6.04 Å². The summed E-state index contributed by atoms with van der Waals surface area (Å²) in [6.07, 6.45) is 4.18. The van der Waals surface area contributed by atoms with Gasteiger partial charge in [-0.1, -0.05) is 19.1 Å². The monoisotopic (exact) mass is 287 g/mol. The molecule has 0 radical (unpaired) electrons. The van der Waals surface area contributed by atoms with Crippen molar-refractivity contribution >= 4 is 17.0 Å². The van der Waals surface area contributed by atoms with E-state index >= 15 is 0 Å². The highest BCUT2D eigenvalue weighted by molar-refractivity contribution is 7.09. The van der Waals surface area contributed by atoms with E-state index in [2.05, 4.69) is 52.8 Å². The topological polar surface area (TPSA) is 28.2 Å². The molecule has 0 amide bonds. The molecule has 1 aromatic heterocycles. The van der Waals surface area contributed by atoms with Gasteiger partial charge < -0.3 is 10.2 Å². The molecule has 0 saturated heterocycles. The Morgan fingerprint density at radius 2 is 2.35 bits per heavy atom. The van der Waals surface area contributed by atoms with E-state index in [0.717, 1.165) is 30.9 Å². The van der Waals surface area contributed by atoms with E-state index < -0.39 is 0 Å². The maximum absolute atomic E-state index is 4.50. The first-order valence-electron chi connectivity index (χ1n) is 7.26. The molecule has 3 rings (SSSR count). The van der Waals surface area contributed by atoms with Crippen molar-refractivity contribution in [1.29, 1.82) is 0 Å². The Morgan fingerprint density at radius 3 is 3.10 bits per heavy atom. The molecule has 1 aromatic carbocycles. The lowest BCUT2D eigenvalue weighted by molar-refractivity contribution is 0.595. The van der Waals surface area contributed by atoms with Crippen LogP contribution in [0.1, 0.15) is 35.5 Å². The van der Waals surface area contributed by atoms with Gasteiger partial charge in [-0.3, -0.25) is 0 Å². The largest absolute Gasteiger partial charge is 0.374 e. The van der Waals surface area contributed by atoms with Crippen LogP contribution in [0.25, 0.3) is 0 Å². The van der Waals surface area contributed by atoms with Crippen LogP contribution >= 0.6 is 11.3 Å². The van der Waals surface area contributed by atoms with E-state index in [9.17, 15) is 0 Å². The molecule has 2 aromatic rings. The van der Waals surface area contributed by atoms with Gasteiger partial charge in [0.15, 0.2) is 0 Å². The minimum atomic E-state index is 0.228. The van der Waals surface area contributed by atoms with Crippen LogP contribution in [0.4, 0.5) is 5.69 Å². The van der Waals surface area contributed by atoms with E-state index in [1.807, 2.05) is 6.20 Å². The van der Waals surface area contributed by atoms with Crippen molar-refractivity contribution in [2.24, 2.45) is 0 Å². The fourth-order valence-electron chi connectivity index (χ4n) is 2.78. The highest BCUT2D eigenvalue weighted by Gasteiger charge is 2.20. The molecule has 3 nitrogen and oxygen atoms in total. The van der Waals surface area contributed by atoms with Gasteiger partial charge in [0.25, 0.3) is 0 Å². The number of likely N-dealkylation sites (N-methyl/N-ethyl adjacent to an activating group) is 1. The third kappa shape index (κ3) is 2.58. The average Bonchev–Trinajstić information content (AvgIpc) is 3.10. The molecule has 0 spiro atoms. The fraction of sp³-hybridized carbons (Fsp3) is 0.438. The van der Waals surface area contributed by atoms with Crippen molar-refractivity contribution in [3.63, 3.8) is 0 Å². The third-order valence-corrected chi connectivity index (χ3v) is 4.70. The van der Waals surface area contributed by atoms with Crippen molar-refractivity contribution in [3.8, 4) is 0 Å². The van der Waals surface area contributed by atoms with Gasteiger partial charge in [0.05, 0.1) is 6.04 Å². The van der Waals surface area contributed by atoms with Gasteiger partial charge in [0.1, 0.15) is 5.01 Å². The van der Waals surface area contributed by atoms with Crippen LogP contribution in [0.3, 0.4) is 0 Å². The molecule has 1 aliphatic heterocycles. The number of thiazole rings is 1. The molecule has 0 fully saturated rings. The lowest BCUT2D eigenvalue weighted by atomic mass is 10.0. The van der Waals surface area contributed by atoms with E-state index in [0.29, 0.717) is 0 Å². The normalized spacial score (nSPS) is 15.4. The number of hydrogen-bond acceptors (Lipinski definition) is 4. The van der Waals surface area contributed by atoms with Crippen LogP contribution < -0.4 is 10.2 Å². The summed E-state index contributed by atoms with van der Waals surface area (Å²) in [6, 6.07) is 7.08. The van der Waals surface area contributed by atoms with Crippen molar-refractivity contribution in [3.05, 3.63) is 45.9 Å². The summed E-state index contributed by atoms with van der Waals surface area (Å²) in [4.78, 5) is 6.83. The van der Waals surface area contributed by atoms with Gasteiger partial charge in [-0.2, -0.15) is 0 Å². The molecule has 1 unspecified atom stereocenters. The second kappa shape index (κ2) is 5.94. The average molecular weight is 287 g/mol. The number of rotatable bonds is 5. The second-order valence-electron chi connectivity index (χ2n) is 5.32. The fourth-order valence-corrected chi connectivity index (χ4v) is 3.52.